The van der Waals surface area contributed by atoms with Gasteiger partial charge in [0.15, 0.2) is 0 Å². The fraction of sp³-hybridized carbons (Fsp3) is 0.750. The zero-order valence-electron chi connectivity index (χ0n) is 7.73. The maximum atomic E-state index is 10.8. The number of urea groups is 1. The van der Waals surface area contributed by atoms with E-state index in [1.54, 1.807) is 4.90 Å². The number of hydrogen-bond acceptors (Lipinski definition) is 3. The Labute approximate surface area is 77.7 Å². The van der Waals surface area contributed by atoms with Crippen LogP contribution >= 0.6 is 0 Å². The topological polar surface area (TPSA) is 73.4 Å². The van der Waals surface area contributed by atoms with Crippen LogP contribution in [0.3, 0.4) is 0 Å². The summed E-state index contributed by atoms with van der Waals surface area (Å²) in [6.07, 6.45) is 0. The van der Waals surface area contributed by atoms with Gasteiger partial charge in [0, 0.05) is 26.2 Å². The molecule has 1 aliphatic heterocycles. The molecule has 0 aromatic heterocycles. The molecule has 5 heteroatoms. The molecule has 0 spiro atoms. The first-order valence-corrected chi connectivity index (χ1v) is 4.33. The van der Waals surface area contributed by atoms with E-state index in [9.17, 15) is 4.79 Å². The smallest absolute Gasteiger partial charge is 0.314 e. The van der Waals surface area contributed by atoms with Crippen molar-refractivity contribution in [2.75, 3.05) is 26.2 Å². The number of primary amides is 1. The Morgan fingerprint density at radius 1 is 1.46 bits per heavy atom. The Bertz CT molecular complexity index is 227. The highest BCUT2D eigenvalue weighted by Gasteiger charge is 2.21. The largest absolute Gasteiger partial charge is 0.351 e. The van der Waals surface area contributed by atoms with Gasteiger partial charge in [0.25, 0.3) is 0 Å². The van der Waals surface area contributed by atoms with Gasteiger partial charge >= 0.3 is 6.03 Å². The number of rotatable bonds is 1. The lowest BCUT2D eigenvalue weighted by atomic mass is 10.2. The van der Waals surface area contributed by atoms with E-state index in [-0.39, 0.29) is 12.1 Å². The molecule has 13 heavy (non-hydrogen) atoms. The van der Waals surface area contributed by atoms with Gasteiger partial charge in [0.05, 0.1) is 12.1 Å². The maximum absolute atomic E-state index is 10.8. The Balaban J connectivity index is 2.40. The van der Waals surface area contributed by atoms with E-state index >= 15 is 0 Å². The highest BCUT2D eigenvalue weighted by Crippen LogP contribution is 2.04. The van der Waals surface area contributed by atoms with Gasteiger partial charge in [-0.05, 0) is 6.92 Å². The number of amides is 2. The van der Waals surface area contributed by atoms with Crippen molar-refractivity contribution in [1.29, 1.82) is 5.26 Å². The second kappa shape index (κ2) is 4.10. The van der Waals surface area contributed by atoms with Crippen molar-refractivity contribution in [2.45, 2.75) is 13.0 Å². The van der Waals surface area contributed by atoms with Crippen molar-refractivity contribution in [3.05, 3.63) is 0 Å². The summed E-state index contributed by atoms with van der Waals surface area (Å²) in [7, 11) is 0. The van der Waals surface area contributed by atoms with E-state index < -0.39 is 0 Å². The quantitative estimate of drug-likeness (QED) is 0.599. The summed E-state index contributed by atoms with van der Waals surface area (Å²) in [6, 6.07) is 1.72. The van der Waals surface area contributed by atoms with E-state index in [4.69, 9.17) is 11.0 Å². The highest BCUT2D eigenvalue weighted by atomic mass is 16.2. The minimum atomic E-state index is -0.371. The summed E-state index contributed by atoms with van der Waals surface area (Å²) in [6.45, 7) is 4.58. The lowest BCUT2D eigenvalue weighted by Crippen LogP contribution is -2.52. The van der Waals surface area contributed by atoms with Crippen LogP contribution in [0, 0.1) is 11.3 Å². The summed E-state index contributed by atoms with van der Waals surface area (Å²) >= 11 is 0. The van der Waals surface area contributed by atoms with Gasteiger partial charge in [-0.1, -0.05) is 0 Å². The van der Waals surface area contributed by atoms with Crippen LogP contribution in [0.5, 0.6) is 0 Å². The molecule has 1 fully saturated rings. The van der Waals surface area contributed by atoms with Crippen molar-refractivity contribution in [3.8, 4) is 6.07 Å². The number of nitriles is 1. The number of hydrogen-bond donors (Lipinski definition) is 1. The standard InChI is InChI=1S/C8H14N4O/c1-7(6-9)11-2-4-12(5-3-11)8(10)13/h7H,2-5H2,1H3,(H2,10,13). The zero-order chi connectivity index (χ0) is 9.84. The molecule has 0 bridgehead atoms. The van der Waals surface area contributed by atoms with Gasteiger partial charge in [-0.15, -0.1) is 0 Å². The Kier molecular flexibility index (Phi) is 3.09. The molecular weight excluding hydrogens is 168 g/mol. The van der Waals surface area contributed by atoms with Crippen LogP contribution in [-0.2, 0) is 0 Å². The highest BCUT2D eigenvalue weighted by molar-refractivity contribution is 5.72. The summed E-state index contributed by atoms with van der Waals surface area (Å²) in [5, 5.41) is 8.67. The minimum absolute atomic E-state index is 0.0740. The molecule has 0 aromatic rings. The van der Waals surface area contributed by atoms with Crippen LogP contribution in [-0.4, -0.2) is 48.1 Å². The lowest BCUT2D eigenvalue weighted by molar-refractivity contribution is 0.133. The van der Waals surface area contributed by atoms with Crippen molar-refractivity contribution in [3.63, 3.8) is 0 Å². The van der Waals surface area contributed by atoms with Gasteiger partial charge in [-0.25, -0.2) is 4.79 Å². The third-order valence-corrected chi connectivity index (χ3v) is 2.36. The molecule has 0 saturated carbocycles. The van der Waals surface area contributed by atoms with Crippen LogP contribution in [0.2, 0.25) is 0 Å². The molecule has 2 N–H and O–H groups in total. The molecule has 0 aliphatic carbocycles. The van der Waals surface area contributed by atoms with Crippen molar-refractivity contribution in [1.82, 2.24) is 9.80 Å². The van der Waals surface area contributed by atoms with Crippen LogP contribution in [0.1, 0.15) is 6.92 Å². The molecule has 72 valence electrons. The second-order valence-corrected chi connectivity index (χ2v) is 3.17. The van der Waals surface area contributed by atoms with Crippen LogP contribution in [0.4, 0.5) is 4.79 Å². The number of piperazine rings is 1. The molecule has 1 heterocycles. The molecule has 1 rings (SSSR count). The minimum Gasteiger partial charge on any atom is -0.351 e. The van der Waals surface area contributed by atoms with Crippen LogP contribution in [0.15, 0.2) is 0 Å². The van der Waals surface area contributed by atoms with E-state index in [0.29, 0.717) is 13.1 Å². The number of nitrogens with two attached hydrogens (primary N) is 1. The summed E-state index contributed by atoms with van der Waals surface area (Å²) in [4.78, 5) is 14.4. The predicted octanol–water partition coefficient (Wildman–Crippen LogP) is -0.405. The summed E-state index contributed by atoms with van der Waals surface area (Å²) in [5.41, 5.74) is 5.12. The summed E-state index contributed by atoms with van der Waals surface area (Å²) in [5.74, 6) is 0. The monoisotopic (exact) mass is 182 g/mol. The molecule has 2 amide bonds. The first-order valence-electron chi connectivity index (χ1n) is 4.33. The van der Waals surface area contributed by atoms with Crippen LogP contribution < -0.4 is 5.73 Å². The molecule has 5 nitrogen and oxygen atoms in total. The SMILES string of the molecule is CC(C#N)N1CCN(C(N)=O)CC1. The number of nitrogens with zero attached hydrogens (tertiary/aromatic N) is 3. The number of carbonyl (C=O) groups excluding carboxylic acids is 1. The van der Waals surface area contributed by atoms with Gasteiger partial charge in [-0.3, -0.25) is 4.90 Å². The predicted molar refractivity (Wildman–Crippen MR) is 47.8 cm³/mol. The molecular formula is C8H14N4O. The zero-order valence-corrected chi connectivity index (χ0v) is 7.73. The van der Waals surface area contributed by atoms with Crippen molar-refractivity contribution in [2.24, 2.45) is 5.73 Å². The van der Waals surface area contributed by atoms with Gasteiger partial charge in [0.2, 0.25) is 0 Å². The number of carbonyl (C=O) groups is 1. The van der Waals surface area contributed by atoms with E-state index in [2.05, 4.69) is 6.07 Å². The van der Waals surface area contributed by atoms with Crippen LogP contribution in [0.25, 0.3) is 0 Å². The third-order valence-electron chi connectivity index (χ3n) is 2.36. The van der Waals surface area contributed by atoms with Gasteiger partial charge in [0.1, 0.15) is 0 Å². The Morgan fingerprint density at radius 3 is 2.38 bits per heavy atom. The van der Waals surface area contributed by atoms with Crippen molar-refractivity contribution >= 4 is 6.03 Å². The van der Waals surface area contributed by atoms with Gasteiger partial charge in [-0.2, -0.15) is 5.26 Å². The molecule has 1 atom stereocenters. The molecule has 0 radical (unpaired) electrons. The Hall–Kier alpha value is -1.28. The summed E-state index contributed by atoms with van der Waals surface area (Å²) < 4.78 is 0. The molecule has 1 unspecified atom stereocenters. The van der Waals surface area contributed by atoms with Gasteiger partial charge < -0.3 is 10.6 Å². The van der Waals surface area contributed by atoms with E-state index in [1.807, 2.05) is 11.8 Å². The first-order chi connectivity index (χ1) is 6.15. The first kappa shape index (κ1) is 9.81. The molecule has 1 aliphatic rings. The fourth-order valence-electron chi connectivity index (χ4n) is 1.41. The Morgan fingerprint density at radius 2 is 2.00 bits per heavy atom. The lowest BCUT2D eigenvalue weighted by Gasteiger charge is -2.34. The van der Waals surface area contributed by atoms with E-state index in [1.165, 1.54) is 0 Å². The normalized spacial score (nSPS) is 20.8. The average Bonchev–Trinajstić information content (AvgIpc) is 2.17. The molecule has 0 aromatic carbocycles. The van der Waals surface area contributed by atoms with Crippen molar-refractivity contribution < 1.29 is 4.79 Å². The maximum Gasteiger partial charge on any atom is 0.314 e. The molecule has 1 saturated heterocycles. The van der Waals surface area contributed by atoms with E-state index in [0.717, 1.165) is 13.1 Å². The fourth-order valence-corrected chi connectivity index (χ4v) is 1.41. The second-order valence-electron chi connectivity index (χ2n) is 3.17. The average molecular weight is 182 g/mol. The third kappa shape index (κ3) is 2.33.